The number of nitrogens with one attached hydrogen (secondary N) is 2. The van der Waals surface area contributed by atoms with Crippen molar-refractivity contribution in [2.24, 2.45) is 0 Å². The molecule has 0 aliphatic heterocycles. The van der Waals surface area contributed by atoms with Crippen LogP contribution in [-0.2, 0) is 4.79 Å². The van der Waals surface area contributed by atoms with Crippen LogP contribution in [-0.4, -0.2) is 24.0 Å². The molecule has 0 fully saturated rings. The lowest BCUT2D eigenvalue weighted by molar-refractivity contribution is -0.120. The second-order valence-electron chi connectivity index (χ2n) is 4.23. The fourth-order valence-corrected chi connectivity index (χ4v) is 1.93. The Balaban J connectivity index is 2.09. The van der Waals surface area contributed by atoms with E-state index in [4.69, 9.17) is 5.73 Å². The maximum absolute atomic E-state index is 11.4. The van der Waals surface area contributed by atoms with Crippen molar-refractivity contribution in [3.05, 3.63) is 30.5 Å². The quantitative estimate of drug-likeness (QED) is 0.714. The van der Waals surface area contributed by atoms with Crippen molar-refractivity contribution in [1.29, 1.82) is 0 Å². The molecule has 0 spiro atoms. The molecule has 5 nitrogen and oxygen atoms in total. The number of amides is 1. The molecule has 100 valence electrons. The van der Waals surface area contributed by atoms with Gasteiger partial charge >= 0.3 is 0 Å². The predicted octanol–water partition coefficient (Wildman–Crippen LogP) is 1.76. The summed E-state index contributed by atoms with van der Waals surface area (Å²) < 4.78 is 0. The lowest BCUT2D eigenvalue weighted by Gasteiger charge is -2.10. The Labute approximate surface area is 112 Å². The molecule has 0 unspecified atom stereocenters. The molecule has 4 N–H and O–H groups in total. The SMILES string of the molecule is CCNC(=O)CCNc1ccc(N)c2cccnc12. The standard InChI is InChI=1S/C14H18N4O/c1-2-16-13(19)7-9-17-12-6-5-11(15)10-4-3-8-18-14(10)12/h3-6,8,17H,2,7,9,15H2,1H3,(H,16,19). The zero-order valence-corrected chi connectivity index (χ0v) is 10.9. The number of pyridine rings is 1. The Hall–Kier alpha value is -2.30. The summed E-state index contributed by atoms with van der Waals surface area (Å²) in [7, 11) is 0. The number of carbonyl (C=O) groups excluding carboxylic acids is 1. The summed E-state index contributed by atoms with van der Waals surface area (Å²) >= 11 is 0. The van der Waals surface area contributed by atoms with Gasteiger partial charge in [0.2, 0.25) is 5.91 Å². The molecule has 2 aromatic rings. The number of anilines is 2. The van der Waals surface area contributed by atoms with Gasteiger partial charge in [0.05, 0.1) is 11.2 Å². The van der Waals surface area contributed by atoms with Crippen molar-refractivity contribution in [1.82, 2.24) is 10.3 Å². The normalized spacial score (nSPS) is 10.4. The van der Waals surface area contributed by atoms with Gasteiger partial charge < -0.3 is 16.4 Å². The first kappa shape index (κ1) is 13.1. The number of carbonyl (C=O) groups is 1. The van der Waals surface area contributed by atoms with Crippen molar-refractivity contribution in [3.8, 4) is 0 Å². The Bertz CT molecular complexity index is 583. The molecule has 0 aliphatic rings. The number of nitrogen functional groups attached to an aromatic ring is 1. The van der Waals surface area contributed by atoms with Crippen molar-refractivity contribution in [2.75, 3.05) is 24.1 Å². The molecule has 0 saturated heterocycles. The van der Waals surface area contributed by atoms with E-state index < -0.39 is 0 Å². The minimum atomic E-state index is 0.0442. The summed E-state index contributed by atoms with van der Waals surface area (Å²) in [5, 5.41) is 6.91. The number of rotatable bonds is 5. The fraction of sp³-hybridized carbons (Fsp3) is 0.286. The van der Waals surface area contributed by atoms with Crippen LogP contribution < -0.4 is 16.4 Å². The van der Waals surface area contributed by atoms with E-state index in [0.717, 1.165) is 16.6 Å². The van der Waals surface area contributed by atoms with Crippen LogP contribution in [0.1, 0.15) is 13.3 Å². The molecule has 19 heavy (non-hydrogen) atoms. The number of aromatic nitrogens is 1. The minimum absolute atomic E-state index is 0.0442. The molecule has 1 amide bonds. The highest BCUT2D eigenvalue weighted by atomic mass is 16.1. The van der Waals surface area contributed by atoms with Crippen LogP contribution >= 0.6 is 0 Å². The number of benzene rings is 1. The molecular weight excluding hydrogens is 240 g/mol. The van der Waals surface area contributed by atoms with E-state index in [1.807, 2.05) is 31.2 Å². The molecule has 0 saturated carbocycles. The van der Waals surface area contributed by atoms with Gasteiger partial charge in [0.1, 0.15) is 0 Å². The summed E-state index contributed by atoms with van der Waals surface area (Å²) in [6, 6.07) is 7.53. The first-order chi connectivity index (χ1) is 9.22. The highest BCUT2D eigenvalue weighted by Crippen LogP contribution is 2.25. The van der Waals surface area contributed by atoms with Crippen LogP contribution in [0.5, 0.6) is 0 Å². The fourth-order valence-electron chi connectivity index (χ4n) is 1.93. The zero-order valence-electron chi connectivity index (χ0n) is 10.9. The van der Waals surface area contributed by atoms with Gasteiger partial charge in [-0.05, 0) is 31.2 Å². The monoisotopic (exact) mass is 258 g/mol. The number of hydrogen-bond donors (Lipinski definition) is 3. The summed E-state index contributed by atoms with van der Waals surface area (Å²) in [4.78, 5) is 15.7. The lowest BCUT2D eigenvalue weighted by atomic mass is 10.1. The topological polar surface area (TPSA) is 80.0 Å². The number of fused-ring (bicyclic) bond motifs is 1. The average Bonchev–Trinajstić information content (AvgIpc) is 2.42. The summed E-state index contributed by atoms with van der Waals surface area (Å²) in [5.74, 6) is 0.0442. The van der Waals surface area contributed by atoms with Crippen molar-refractivity contribution in [3.63, 3.8) is 0 Å². The van der Waals surface area contributed by atoms with Crippen LogP contribution in [0, 0.1) is 0 Å². The first-order valence-electron chi connectivity index (χ1n) is 6.36. The molecule has 5 heteroatoms. The average molecular weight is 258 g/mol. The predicted molar refractivity (Wildman–Crippen MR) is 77.9 cm³/mol. The summed E-state index contributed by atoms with van der Waals surface area (Å²) in [6.45, 7) is 3.13. The van der Waals surface area contributed by atoms with Gasteiger partial charge in [-0.2, -0.15) is 0 Å². The van der Waals surface area contributed by atoms with Crippen molar-refractivity contribution in [2.45, 2.75) is 13.3 Å². The van der Waals surface area contributed by atoms with Gasteiger partial charge in [0, 0.05) is 36.8 Å². The van der Waals surface area contributed by atoms with Gasteiger partial charge in [0.15, 0.2) is 0 Å². The zero-order chi connectivity index (χ0) is 13.7. The molecule has 1 heterocycles. The molecule has 0 aliphatic carbocycles. The largest absolute Gasteiger partial charge is 0.398 e. The van der Waals surface area contributed by atoms with Crippen molar-refractivity contribution < 1.29 is 4.79 Å². The summed E-state index contributed by atoms with van der Waals surface area (Å²) in [5.41, 5.74) is 8.34. The van der Waals surface area contributed by atoms with Crippen LogP contribution in [0.4, 0.5) is 11.4 Å². The molecule has 1 aromatic heterocycles. The van der Waals surface area contributed by atoms with E-state index in [2.05, 4.69) is 15.6 Å². The number of hydrogen-bond acceptors (Lipinski definition) is 4. The molecular formula is C14H18N4O. The highest BCUT2D eigenvalue weighted by molar-refractivity contribution is 5.98. The molecule has 0 radical (unpaired) electrons. The van der Waals surface area contributed by atoms with Gasteiger partial charge in [-0.3, -0.25) is 9.78 Å². The molecule has 1 aromatic carbocycles. The lowest BCUT2D eigenvalue weighted by Crippen LogP contribution is -2.24. The van der Waals surface area contributed by atoms with Crippen molar-refractivity contribution >= 4 is 28.2 Å². The first-order valence-corrected chi connectivity index (χ1v) is 6.36. The second-order valence-corrected chi connectivity index (χ2v) is 4.23. The molecule has 2 rings (SSSR count). The molecule has 0 atom stereocenters. The van der Waals surface area contributed by atoms with E-state index in [1.54, 1.807) is 6.20 Å². The van der Waals surface area contributed by atoms with Gasteiger partial charge in [-0.15, -0.1) is 0 Å². The van der Waals surface area contributed by atoms with Gasteiger partial charge in [-0.25, -0.2) is 0 Å². The third-order valence-corrected chi connectivity index (χ3v) is 2.84. The van der Waals surface area contributed by atoms with E-state index in [9.17, 15) is 4.79 Å². The highest BCUT2D eigenvalue weighted by Gasteiger charge is 2.05. The van der Waals surface area contributed by atoms with E-state index in [1.165, 1.54) is 0 Å². The number of nitrogens with two attached hydrogens (primary N) is 1. The van der Waals surface area contributed by atoms with Crippen LogP contribution in [0.2, 0.25) is 0 Å². The van der Waals surface area contributed by atoms with Crippen LogP contribution in [0.3, 0.4) is 0 Å². The summed E-state index contributed by atoms with van der Waals surface area (Å²) in [6.07, 6.45) is 2.17. The Kier molecular flexibility index (Phi) is 4.18. The number of nitrogens with zero attached hydrogens (tertiary/aromatic N) is 1. The van der Waals surface area contributed by atoms with Crippen LogP contribution in [0.15, 0.2) is 30.5 Å². The Morgan fingerprint density at radius 2 is 2.21 bits per heavy atom. The van der Waals surface area contributed by atoms with Crippen LogP contribution in [0.25, 0.3) is 10.9 Å². The molecule has 0 bridgehead atoms. The van der Waals surface area contributed by atoms with E-state index >= 15 is 0 Å². The van der Waals surface area contributed by atoms with Gasteiger partial charge in [-0.1, -0.05) is 0 Å². The Morgan fingerprint density at radius 3 is 3.00 bits per heavy atom. The smallest absolute Gasteiger partial charge is 0.221 e. The second kappa shape index (κ2) is 6.04. The minimum Gasteiger partial charge on any atom is -0.398 e. The Morgan fingerprint density at radius 1 is 1.37 bits per heavy atom. The van der Waals surface area contributed by atoms with E-state index in [-0.39, 0.29) is 5.91 Å². The third kappa shape index (κ3) is 3.13. The maximum Gasteiger partial charge on any atom is 0.221 e. The third-order valence-electron chi connectivity index (χ3n) is 2.84. The van der Waals surface area contributed by atoms with Gasteiger partial charge in [0.25, 0.3) is 0 Å². The maximum atomic E-state index is 11.4. The van der Waals surface area contributed by atoms with E-state index in [0.29, 0.717) is 25.2 Å².